The van der Waals surface area contributed by atoms with Crippen LogP contribution in [-0.2, 0) is 11.3 Å². The Balaban J connectivity index is 2.07. The number of hydrogen-bond acceptors (Lipinski definition) is 5. The maximum atomic E-state index is 11.1. The minimum atomic E-state index is -0.440. The molecule has 1 atom stereocenters. The minimum Gasteiger partial charge on any atom is -0.442 e. The van der Waals surface area contributed by atoms with Crippen molar-refractivity contribution in [2.75, 3.05) is 6.54 Å². The molecule has 0 saturated carbocycles. The van der Waals surface area contributed by atoms with Gasteiger partial charge < -0.3 is 10.1 Å². The van der Waals surface area contributed by atoms with Crippen LogP contribution in [0.5, 0.6) is 0 Å². The molecule has 15 heavy (non-hydrogen) atoms. The number of carbonyl (C=O) groups excluding carboxylic acids is 2. The topological polar surface area (TPSA) is 86.1 Å². The fourth-order valence-electron chi connectivity index (χ4n) is 1.39. The molecule has 1 N–H and O–H groups in total. The third-order valence-corrected chi connectivity index (χ3v) is 2.10. The largest absolute Gasteiger partial charge is 0.442 e. The minimum absolute atomic E-state index is 0.114. The third-order valence-electron chi connectivity index (χ3n) is 2.10. The molecule has 0 aromatic carbocycles. The van der Waals surface area contributed by atoms with Gasteiger partial charge in [-0.15, -0.1) is 5.10 Å². The van der Waals surface area contributed by atoms with E-state index >= 15 is 0 Å². The molecule has 0 radical (unpaired) electrons. The zero-order valence-electron chi connectivity index (χ0n) is 8.14. The number of amides is 1. The first-order valence-corrected chi connectivity index (χ1v) is 4.50. The third kappa shape index (κ3) is 1.95. The number of rotatable bonds is 3. The summed E-state index contributed by atoms with van der Waals surface area (Å²) in [6, 6.07) is 0. The zero-order valence-corrected chi connectivity index (χ0v) is 8.14. The summed E-state index contributed by atoms with van der Waals surface area (Å²) in [5, 5.41) is 9.91. The lowest BCUT2D eigenvalue weighted by Gasteiger charge is -2.08. The Labute approximate surface area is 85.4 Å². The van der Waals surface area contributed by atoms with Gasteiger partial charge in [0.1, 0.15) is 11.8 Å². The number of carbonyl (C=O) groups is 2. The van der Waals surface area contributed by atoms with Gasteiger partial charge in [-0.05, 0) is 0 Å². The Morgan fingerprint density at radius 1 is 1.80 bits per heavy atom. The Morgan fingerprint density at radius 3 is 3.20 bits per heavy atom. The second-order valence-electron chi connectivity index (χ2n) is 3.27. The first kappa shape index (κ1) is 9.63. The van der Waals surface area contributed by atoms with Crippen LogP contribution < -0.4 is 5.32 Å². The average molecular weight is 210 g/mol. The fourth-order valence-corrected chi connectivity index (χ4v) is 1.39. The number of hydrogen-bond donors (Lipinski definition) is 1. The van der Waals surface area contributed by atoms with Gasteiger partial charge in [0.25, 0.3) is 0 Å². The van der Waals surface area contributed by atoms with Crippen LogP contribution in [0.2, 0.25) is 0 Å². The number of aromatic nitrogens is 3. The lowest BCUT2D eigenvalue weighted by molar-refractivity contribution is 0.0995. The molecule has 1 aromatic rings. The van der Waals surface area contributed by atoms with Crippen LogP contribution in [0, 0.1) is 0 Å². The molecule has 0 spiro atoms. The Hall–Kier alpha value is -1.92. The van der Waals surface area contributed by atoms with E-state index in [0.29, 0.717) is 18.8 Å². The molecule has 0 aliphatic carbocycles. The summed E-state index contributed by atoms with van der Waals surface area (Å²) in [6.07, 6.45) is 0.661. The lowest BCUT2D eigenvalue weighted by Crippen LogP contribution is -2.23. The van der Waals surface area contributed by atoms with Gasteiger partial charge in [0.15, 0.2) is 5.78 Å². The van der Waals surface area contributed by atoms with E-state index in [9.17, 15) is 9.59 Å². The summed E-state index contributed by atoms with van der Waals surface area (Å²) in [4.78, 5) is 21.9. The predicted molar refractivity (Wildman–Crippen MR) is 48.3 cm³/mol. The van der Waals surface area contributed by atoms with Gasteiger partial charge >= 0.3 is 6.09 Å². The Bertz CT molecular complexity index is 400. The van der Waals surface area contributed by atoms with Crippen molar-refractivity contribution in [3.8, 4) is 0 Å². The van der Waals surface area contributed by atoms with Crippen molar-refractivity contribution < 1.29 is 14.3 Å². The second-order valence-corrected chi connectivity index (χ2v) is 3.27. The summed E-state index contributed by atoms with van der Waals surface area (Å²) < 4.78 is 6.36. The molecule has 1 aromatic heterocycles. The Kier molecular flexibility index (Phi) is 2.36. The number of nitrogens with one attached hydrogen (secondary N) is 1. The highest BCUT2D eigenvalue weighted by molar-refractivity contribution is 5.91. The van der Waals surface area contributed by atoms with Crippen molar-refractivity contribution in [2.45, 2.75) is 19.6 Å². The van der Waals surface area contributed by atoms with Gasteiger partial charge in [-0.2, -0.15) is 0 Å². The maximum Gasteiger partial charge on any atom is 0.407 e. The normalized spacial score (nSPS) is 19.8. The van der Waals surface area contributed by atoms with E-state index in [-0.39, 0.29) is 11.9 Å². The van der Waals surface area contributed by atoms with Crippen LogP contribution in [0.4, 0.5) is 4.79 Å². The number of ether oxygens (including phenoxy) is 1. The summed E-state index contributed by atoms with van der Waals surface area (Å²) >= 11 is 0. The van der Waals surface area contributed by atoms with Crippen molar-refractivity contribution in [3.63, 3.8) is 0 Å². The molecule has 2 heterocycles. The van der Waals surface area contributed by atoms with Gasteiger partial charge in [-0.25, -0.2) is 9.48 Å². The van der Waals surface area contributed by atoms with Gasteiger partial charge in [0, 0.05) is 6.92 Å². The second kappa shape index (κ2) is 3.68. The lowest BCUT2D eigenvalue weighted by atomic mass is 10.3. The van der Waals surface area contributed by atoms with Crippen molar-refractivity contribution >= 4 is 11.9 Å². The van der Waals surface area contributed by atoms with E-state index in [1.54, 1.807) is 0 Å². The SMILES string of the molecule is CC(=O)c1cnnn1CC1CNC(=O)O1. The molecule has 1 saturated heterocycles. The van der Waals surface area contributed by atoms with Gasteiger partial charge in [-0.1, -0.05) is 5.21 Å². The van der Waals surface area contributed by atoms with Crippen LogP contribution >= 0.6 is 0 Å². The molecule has 7 nitrogen and oxygen atoms in total. The van der Waals surface area contributed by atoms with Crippen molar-refractivity contribution in [1.82, 2.24) is 20.3 Å². The molecule has 1 unspecified atom stereocenters. The zero-order chi connectivity index (χ0) is 10.8. The molecule has 7 heteroatoms. The summed E-state index contributed by atoms with van der Waals surface area (Å²) in [5.41, 5.74) is 0.415. The van der Waals surface area contributed by atoms with E-state index in [1.807, 2.05) is 0 Å². The van der Waals surface area contributed by atoms with Gasteiger partial charge in [0.05, 0.1) is 19.3 Å². The Morgan fingerprint density at radius 2 is 2.60 bits per heavy atom. The van der Waals surface area contributed by atoms with Crippen LogP contribution in [0.1, 0.15) is 17.4 Å². The summed E-state index contributed by atoms with van der Waals surface area (Å²) in [5.74, 6) is -0.114. The molecule has 80 valence electrons. The maximum absolute atomic E-state index is 11.1. The highest BCUT2D eigenvalue weighted by Crippen LogP contribution is 2.05. The van der Waals surface area contributed by atoms with Gasteiger partial charge in [-0.3, -0.25) is 4.79 Å². The fraction of sp³-hybridized carbons (Fsp3) is 0.500. The number of nitrogens with zero attached hydrogens (tertiary/aromatic N) is 3. The summed E-state index contributed by atoms with van der Waals surface area (Å²) in [6.45, 7) is 2.21. The summed E-state index contributed by atoms with van der Waals surface area (Å²) in [7, 11) is 0. The number of ketones is 1. The average Bonchev–Trinajstić information content (AvgIpc) is 2.75. The van der Waals surface area contributed by atoms with E-state index in [1.165, 1.54) is 17.8 Å². The number of alkyl carbamates (subject to hydrolysis) is 1. The molecule has 1 amide bonds. The molecular formula is C8H10N4O3. The molecule has 1 fully saturated rings. The van der Waals surface area contributed by atoms with Crippen molar-refractivity contribution in [1.29, 1.82) is 0 Å². The quantitative estimate of drug-likeness (QED) is 0.685. The van der Waals surface area contributed by atoms with Crippen LogP contribution in [0.15, 0.2) is 6.20 Å². The number of cyclic esters (lactones) is 1. The molecule has 1 aliphatic rings. The van der Waals surface area contributed by atoms with E-state index in [2.05, 4.69) is 15.6 Å². The standard InChI is InChI=1S/C8H10N4O3/c1-5(13)7-3-10-11-12(7)4-6-2-9-8(14)15-6/h3,6H,2,4H2,1H3,(H,9,14). The molecule has 2 rings (SSSR count). The highest BCUT2D eigenvalue weighted by atomic mass is 16.6. The molecule has 1 aliphatic heterocycles. The van der Waals surface area contributed by atoms with E-state index in [0.717, 1.165) is 0 Å². The van der Waals surface area contributed by atoms with E-state index < -0.39 is 6.09 Å². The molecular weight excluding hydrogens is 200 g/mol. The smallest absolute Gasteiger partial charge is 0.407 e. The van der Waals surface area contributed by atoms with Gasteiger partial charge in [0.2, 0.25) is 0 Å². The molecule has 0 bridgehead atoms. The first-order chi connectivity index (χ1) is 7.16. The van der Waals surface area contributed by atoms with Crippen LogP contribution in [0.25, 0.3) is 0 Å². The number of Topliss-reactive ketones (excluding diaryl/α,β-unsaturated/α-hetero) is 1. The predicted octanol–water partition coefficient (Wildman–Crippen LogP) is -0.411. The highest BCUT2D eigenvalue weighted by Gasteiger charge is 2.24. The van der Waals surface area contributed by atoms with Crippen molar-refractivity contribution in [3.05, 3.63) is 11.9 Å². The van der Waals surface area contributed by atoms with Crippen molar-refractivity contribution in [2.24, 2.45) is 0 Å². The van der Waals surface area contributed by atoms with E-state index in [4.69, 9.17) is 4.74 Å². The first-order valence-electron chi connectivity index (χ1n) is 4.50. The van der Waals surface area contributed by atoms with Crippen LogP contribution in [0.3, 0.4) is 0 Å². The monoisotopic (exact) mass is 210 g/mol. The van der Waals surface area contributed by atoms with Crippen LogP contribution in [-0.4, -0.2) is 39.5 Å².